The third-order valence-electron chi connectivity index (χ3n) is 2.26. The van der Waals surface area contributed by atoms with Gasteiger partial charge in [-0.05, 0) is 38.1 Å². The minimum atomic E-state index is 0.734. The van der Waals surface area contributed by atoms with Crippen molar-refractivity contribution in [1.29, 1.82) is 0 Å². The summed E-state index contributed by atoms with van der Waals surface area (Å²) in [6.45, 7) is 4.92. The van der Waals surface area contributed by atoms with Crippen LogP contribution in [-0.2, 0) is 0 Å². The number of hydrogen-bond donors (Lipinski definition) is 1. The first kappa shape index (κ1) is 11.0. The number of nitrogens with one attached hydrogen (secondary N) is 1. The van der Waals surface area contributed by atoms with Crippen molar-refractivity contribution in [3.05, 3.63) is 41.0 Å². The molecule has 0 spiro atoms. The van der Waals surface area contributed by atoms with Crippen molar-refractivity contribution < 1.29 is 0 Å². The van der Waals surface area contributed by atoms with Crippen LogP contribution in [-0.4, -0.2) is 16.3 Å². The fourth-order valence-electron chi connectivity index (χ4n) is 1.59. The molecule has 0 radical (unpaired) electrons. The van der Waals surface area contributed by atoms with E-state index in [-0.39, 0.29) is 0 Å². The molecule has 1 N–H and O–H groups in total. The van der Waals surface area contributed by atoms with Gasteiger partial charge in [0.15, 0.2) is 0 Å². The second-order valence-corrected chi connectivity index (χ2v) is 4.03. The molecule has 3 nitrogen and oxygen atoms in total. The molecule has 84 valence electrons. The van der Waals surface area contributed by atoms with E-state index in [0.29, 0.717) is 0 Å². The van der Waals surface area contributed by atoms with Gasteiger partial charge in [0, 0.05) is 17.6 Å². The van der Waals surface area contributed by atoms with Crippen molar-refractivity contribution in [2.24, 2.45) is 0 Å². The lowest BCUT2D eigenvalue weighted by molar-refractivity contribution is 0.862. The van der Waals surface area contributed by atoms with Crippen molar-refractivity contribution >= 4 is 17.4 Å². The molecule has 0 aliphatic heterocycles. The zero-order chi connectivity index (χ0) is 11.5. The molecular formula is C12H14ClN3. The maximum atomic E-state index is 5.86. The molecule has 1 heterocycles. The molecule has 0 saturated carbocycles. The predicted octanol–water partition coefficient (Wildman–Crippen LogP) is 3.27. The van der Waals surface area contributed by atoms with Crippen LogP contribution in [0, 0.1) is 6.92 Å². The Balaban J connectivity index is 2.42. The Morgan fingerprint density at radius 1 is 1.31 bits per heavy atom. The van der Waals surface area contributed by atoms with Crippen LogP contribution < -0.4 is 5.32 Å². The fraction of sp³-hybridized carbons (Fsp3) is 0.250. The average molecular weight is 236 g/mol. The van der Waals surface area contributed by atoms with Gasteiger partial charge in [-0.25, -0.2) is 4.68 Å². The minimum absolute atomic E-state index is 0.734. The summed E-state index contributed by atoms with van der Waals surface area (Å²) < 4.78 is 1.88. The highest BCUT2D eigenvalue weighted by Crippen LogP contribution is 2.18. The van der Waals surface area contributed by atoms with Crippen LogP contribution in [0.5, 0.6) is 0 Å². The first-order chi connectivity index (χ1) is 7.70. The Morgan fingerprint density at radius 3 is 2.62 bits per heavy atom. The maximum Gasteiger partial charge on any atom is 0.130 e. The third kappa shape index (κ3) is 2.19. The highest BCUT2D eigenvalue weighted by Gasteiger charge is 2.05. The van der Waals surface area contributed by atoms with Gasteiger partial charge in [0.25, 0.3) is 0 Å². The Labute approximate surface area is 100 Å². The first-order valence-electron chi connectivity index (χ1n) is 5.27. The van der Waals surface area contributed by atoms with Crippen LogP contribution >= 0.6 is 11.6 Å². The lowest BCUT2D eigenvalue weighted by Gasteiger charge is -2.07. The summed E-state index contributed by atoms with van der Waals surface area (Å²) in [6, 6.07) is 9.66. The molecule has 0 aliphatic carbocycles. The van der Waals surface area contributed by atoms with E-state index >= 15 is 0 Å². The van der Waals surface area contributed by atoms with Gasteiger partial charge in [0.05, 0.1) is 11.4 Å². The summed E-state index contributed by atoms with van der Waals surface area (Å²) in [5.74, 6) is 1.00. The molecule has 0 bridgehead atoms. The molecule has 0 aliphatic rings. The van der Waals surface area contributed by atoms with Gasteiger partial charge in [-0.1, -0.05) is 11.6 Å². The molecule has 1 aromatic carbocycles. The number of aromatic nitrogens is 2. The normalized spacial score (nSPS) is 10.4. The Hall–Kier alpha value is -1.48. The Bertz CT molecular complexity index is 474. The molecular weight excluding hydrogens is 222 g/mol. The zero-order valence-electron chi connectivity index (χ0n) is 9.37. The van der Waals surface area contributed by atoms with E-state index in [1.54, 1.807) is 0 Å². The molecule has 0 amide bonds. The summed E-state index contributed by atoms with van der Waals surface area (Å²) in [5.41, 5.74) is 2.00. The van der Waals surface area contributed by atoms with Crippen LogP contribution in [0.2, 0.25) is 5.02 Å². The lowest BCUT2D eigenvalue weighted by Crippen LogP contribution is -2.05. The molecule has 2 aromatic rings. The Morgan fingerprint density at radius 2 is 2.00 bits per heavy atom. The van der Waals surface area contributed by atoms with E-state index in [2.05, 4.69) is 17.3 Å². The number of benzene rings is 1. The second-order valence-electron chi connectivity index (χ2n) is 3.59. The topological polar surface area (TPSA) is 29.9 Å². The van der Waals surface area contributed by atoms with Gasteiger partial charge in [-0.15, -0.1) is 0 Å². The number of aryl methyl sites for hydroxylation is 1. The van der Waals surface area contributed by atoms with Gasteiger partial charge < -0.3 is 5.32 Å². The average Bonchev–Trinajstić information content (AvgIpc) is 2.61. The summed E-state index contributed by atoms with van der Waals surface area (Å²) in [4.78, 5) is 0. The van der Waals surface area contributed by atoms with E-state index in [1.807, 2.05) is 41.9 Å². The van der Waals surface area contributed by atoms with E-state index in [1.165, 1.54) is 0 Å². The second kappa shape index (κ2) is 4.58. The van der Waals surface area contributed by atoms with Crippen LogP contribution in [0.1, 0.15) is 12.6 Å². The van der Waals surface area contributed by atoms with Gasteiger partial charge in [0.1, 0.15) is 5.82 Å². The minimum Gasteiger partial charge on any atom is -0.370 e. The molecule has 16 heavy (non-hydrogen) atoms. The SMILES string of the molecule is CCNc1cc(C)nn1-c1ccc(Cl)cc1. The van der Waals surface area contributed by atoms with E-state index < -0.39 is 0 Å². The molecule has 0 fully saturated rings. The smallest absolute Gasteiger partial charge is 0.130 e. The molecule has 0 saturated heterocycles. The quantitative estimate of drug-likeness (QED) is 0.885. The molecule has 4 heteroatoms. The third-order valence-corrected chi connectivity index (χ3v) is 2.51. The van der Waals surface area contributed by atoms with Gasteiger partial charge in [0.2, 0.25) is 0 Å². The zero-order valence-corrected chi connectivity index (χ0v) is 10.1. The summed E-state index contributed by atoms with van der Waals surface area (Å²) in [6.07, 6.45) is 0. The molecule has 0 unspecified atom stereocenters. The lowest BCUT2D eigenvalue weighted by atomic mass is 10.3. The molecule has 0 atom stereocenters. The van der Waals surface area contributed by atoms with Crippen molar-refractivity contribution in [3.63, 3.8) is 0 Å². The van der Waals surface area contributed by atoms with Crippen molar-refractivity contribution in [1.82, 2.24) is 9.78 Å². The molecule has 2 rings (SSSR count). The van der Waals surface area contributed by atoms with Crippen molar-refractivity contribution in [2.45, 2.75) is 13.8 Å². The number of nitrogens with zero attached hydrogens (tertiary/aromatic N) is 2. The van der Waals surface area contributed by atoms with Gasteiger partial charge in [-0.3, -0.25) is 0 Å². The van der Waals surface area contributed by atoms with Crippen molar-refractivity contribution in [2.75, 3.05) is 11.9 Å². The highest BCUT2D eigenvalue weighted by atomic mass is 35.5. The number of halogens is 1. The highest BCUT2D eigenvalue weighted by molar-refractivity contribution is 6.30. The van der Waals surface area contributed by atoms with Crippen LogP contribution in [0.3, 0.4) is 0 Å². The predicted molar refractivity (Wildman–Crippen MR) is 67.5 cm³/mol. The number of anilines is 1. The van der Waals surface area contributed by atoms with Crippen LogP contribution in [0.4, 0.5) is 5.82 Å². The fourth-order valence-corrected chi connectivity index (χ4v) is 1.71. The number of hydrogen-bond acceptors (Lipinski definition) is 2. The van der Waals surface area contributed by atoms with Crippen LogP contribution in [0.25, 0.3) is 5.69 Å². The monoisotopic (exact) mass is 235 g/mol. The van der Waals surface area contributed by atoms with Crippen molar-refractivity contribution in [3.8, 4) is 5.69 Å². The largest absolute Gasteiger partial charge is 0.370 e. The van der Waals surface area contributed by atoms with Gasteiger partial charge >= 0.3 is 0 Å². The van der Waals surface area contributed by atoms with E-state index in [9.17, 15) is 0 Å². The standard InChI is InChI=1S/C12H14ClN3/c1-3-14-12-8-9(2)15-16(12)11-6-4-10(13)5-7-11/h4-8,14H,3H2,1-2H3. The summed E-state index contributed by atoms with van der Waals surface area (Å²) >= 11 is 5.86. The van der Waals surface area contributed by atoms with Crippen LogP contribution in [0.15, 0.2) is 30.3 Å². The summed E-state index contributed by atoms with van der Waals surface area (Å²) in [5, 5.41) is 8.45. The number of rotatable bonds is 3. The Kier molecular flexibility index (Phi) is 3.15. The van der Waals surface area contributed by atoms with E-state index in [0.717, 1.165) is 28.8 Å². The first-order valence-corrected chi connectivity index (χ1v) is 5.65. The van der Waals surface area contributed by atoms with Gasteiger partial charge in [-0.2, -0.15) is 5.10 Å². The van der Waals surface area contributed by atoms with E-state index in [4.69, 9.17) is 11.6 Å². The molecule has 1 aromatic heterocycles. The summed E-state index contributed by atoms with van der Waals surface area (Å²) in [7, 11) is 0. The maximum absolute atomic E-state index is 5.86.